The van der Waals surface area contributed by atoms with Crippen molar-refractivity contribution in [1.82, 2.24) is 0 Å². The Kier molecular flexibility index (Phi) is 13.6. The van der Waals surface area contributed by atoms with Crippen LogP contribution >= 0.6 is 0 Å². The van der Waals surface area contributed by atoms with Crippen LogP contribution < -0.4 is 37.2 Å². The third-order valence-electron chi connectivity index (χ3n) is 1.85. The van der Waals surface area contributed by atoms with Crippen LogP contribution in [0.25, 0.3) is 0 Å². The maximum atomic E-state index is 2.31. The van der Waals surface area contributed by atoms with Crippen LogP contribution in [0.5, 0.6) is 0 Å². The molecule has 1 unspecified atom stereocenters. The first kappa shape index (κ1) is 18.8. The second kappa shape index (κ2) is 8.69. The number of rotatable bonds is 0. The summed E-state index contributed by atoms with van der Waals surface area (Å²) in [5.74, 6) is 2.37. The van der Waals surface area contributed by atoms with E-state index in [-0.39, 0.29) is 63.4 Å². The van der Waals surface area contributed by atoms with Crippen molar-refractivity contribution in [2.45, 2.75) is 12.8 Å². The van der Waals surface area contributed by atoms with Crippen LogP contribution in [0.1, 0.15) is 12.8 Å². The van der Waals surface area contributed by atoms with Crippen LogP contribution in [0.2, 0.25) is 0 Å². The summed E-state index contributed by atoms with van der Waals surface area (Å²) in [5.41, 5.74) is 0. The molecule has 2 aliphatic carbocycles. The Labute approximate surface area is 112 Å². The fourth-order valence-corrected chi connectivity index (χ4v) is 1.38. The minimum Gasteiger partial charge on any atom is -1.00 e. The molecule has 2 bridgehead atoms. The van der Waals surface area contributed by atoms with Crippen molar-refractivity contribution in [1.29, 1.82) is 0 Å². The standard InChI is InChI=1S/C8H9.3ClH.Zr/c1-2-7-4-5-8(3-1)6-7;;;;/h1-2,4-5,8H,3,6H2;3*1H;/q-1;;;;+4/p-3. The summed E-state index contributed by atoms with van der Waals surface area (Å²) in [5, 5.41) is 0. The molecule has 12 heavy (non-hydrogen) atoms. The number of allylic oxidation sites excluding steroid dienone is 4. The Hall–Kier alpha value is 1.10. The molecule has 0 aromatic carbocycles. The molecule has 0 aromatic rings. The summed E-state index contributed by atoms with van der Waals surface area (Å²) in [7, 11) is 0. The Morgan fingerprint density at radius 3 is 2.25 bits per heavy atom. The SMILES string of the molecule is C1=C[C-]2C=CC(C1)C2.[Cl-].[Cl-].[Cl-].[Zr+4]. The van der Waals surface area contributed by atoms with Crippen LogP contribution in [-0.4, -0.2) is 0 Å². The number of hydrogen-bond donors (Lipinski definition) is 0. The van der Waals surface area contributed by atoms with Crippen molar-refractivity contribution >= 4 is 0 Å². The van der Waals surface area contributed by atoms with Gasteiger partial charge in [-0.1, -0.05) is 18.8 Å². The zero-order valence-corrected chi connectivity index (χ0v) is 11.2. The molecule has 4 heteroatoms. The second-order valence-electron chi connectivity index (χ2n) is 2.54. The molecule has 0 aromatic heterocycles. The monoisotopic (exact) mass is 300 g/mol. The van der Waals surface area contributed by atoms with Gasteiger partial charge in [-0.3, -0.25) is 0 Å². The van der Waals surface area contributed by atoms with Crippen LogP contribution in [-0.2, 0) is 26.2 Å². The minimum absolute atomic E-state index is 0. The predicted molar refractivity (Wildman–Crippen MR) is 34.2 cm³/mol. The van der Waals surface area contributed by atoms with Crippen LogP contribution in [0.3, 0.4) is 0 Å². The molecular formula is C8H9Cl3Zr. The molecule has 2 aliphatic rings. The van der Waals surface area contributed by atoms with Gasteiger partial charge in [-0.25, -0.2) is 0 Å². The van der Waals surface area contributed by atoms with Gasteiger partial charge in [-0.05, 0) is 0 Å². The third kappa shape index (κ3) is 4.37. The van der Waals surface area contributed by atoms with Gasteiger partial charge >= 0.3 is 26.2 Å². The normalized spacial score (nSPS) is 21.3. The molecular weight excluding hydrogens is 294 g/mol. The van der Waals surface area contributed by atoms with E-state index in [1.165, 1.54) is 18.8 Å². The van der Waals surface area contributed by atoms with Gasteiger partial charge in [0.2, 0.25) is 0 Å². The van der Waals surface area contributed by atoms with E-state index < -0.39 is 0 Å². The zero-order chi connectivity index (χ0) is 5.40. The van der Waals surface area contributed by atoms with Gasteiger partial charge in [0, 0.05) is 0 Å². The van der Waals surface area contributed by atoms with Crippen molar-refractivity contribution < 1.29 is 63.4 Å². The summed E-state index contributed by atoms with van der Waals surface area (Å²) in [6, 6.07) is 0. The molecule has 0 heterocycles. The smallest absolute Gasteiger partial charge is 1.00 e. The number of fused-ring (bicyclic) bond motifs is 2. The maximum Gasteiger partial charge on any atom is 4.00 e. The van der Waals surface area contributed by atoms with Gasteiger partial charge in [0.1, 0.15) is 0 Å². The topological polar surface area (TPSA) is 0 Å². The molecule has 66 valence electrons. The van der Waals surface area contributed by atoms with Gasteiger partial charge in [0.25, 0.3) is 0 Å². The van der Waals surface area contributed by atoms with Gasteiger partial charge in [-0.15, -0.1) is 0 Å². The van der Waals surface area contributed by atoms with Crippen molar-refractivity contribution in [3.8, 4) is 0 Å². The number of halogens is 3. The van der Waals surface area contributed by atoms with Crippen molar-refractivity contribution in [3.05, 3.63) is 30.2 Å². The number of hydrogen-bond acceptors (Lipinski definition) is 0. The Balaban J connectivity index is -0.000000202. The van der Waals surface area contributed by atoms with E-state index >= 15 is 0 Å². The molecule has 0 spiro atoms. The van der Waals surface area contributed by atoms with E-state index in [0.717, 1.165) is 5.92 Å². The fraction of sp³-hybridized carbons (Fsp3) is 0.375. The fourth-order valence-electron chi connectivity index (χ4n) is 1.38. The van der Waals surface area contributed by atoms with E-state index in [1.54, 1.807) is 0 Å². The largest absolute Gasteiger partial charge is 4.00 e. The van der Waals surface area contributed by atoms with Gasteiger partial charge in [-0.2, -0.15) is 30.2 Å². The Morgan fingerprint density at radius 2 is 1.75 bits per heavy atom. The maximum absolute atomic E-state index is 2.31. The first-order valence-corrected chi connectivity index (χ1v) is 3.16. The molecule has 1 atom stereocenters. The van der Waals surface area contributed by atoms with Crippen LogP contribution in [0.15, 0.2) is 24.3 Å². The second-order valence-corrected chi connectivity index (χ2v) is 2.54. The minimum atomic E-state index is 0. The summed E-state index contributed by atoms with van der Waals surface area (Å²) < 4.78 is 0. The quantitative estimate of drug-likeness (QED) is 0.390. The van der Waals surface area contributed by atoms with Crippen molar-refractivity contribution in [3.63, 3.8) is 0 Å². The molecule has 0 saturated heterocycles. The molecule has 0 N–H and O–H groups in total. The molecule has 2 rings (SSSR count). The summed E-state index contributed by atoms with van der Waals surface area (Å²) in [6.07, 6.45) is 11.6. The average Bonchev–Trinajstić information content (AvgIpc) is 2.12. The average molecular weight is 303 g/mol. The molecule has 0 aliphatic heterocycles. The van der Waals surface area contributed by atoms with Gasteiger partial charge in [0.15, 0.2) is 0 Å². The Bertz CT molecular complexity index is 154. The summed E-state index contributed by atoms with van der Waals surface area (Å²) >= 11 is 0. The van der Waals surface area contributed by atoms with Gasteiger partial charge in [0.05, 0.1) is 0 Å². The van der Waals surface area contributed by atoms with Crippen LogP contribution in [0.4, 0.5) is 0 Å². The van der Waals surface area contributed by atoms with Crippen molar-refractivity contribution in [2.75, 3.05) is 0 Å². The zero-order valence-electron chi connectivity index (χ0n) is 6.43. The van der Waals surface area contributed by atoms with Gasteiger partial charge < -0.3 is 37.2 Å². The Morgan fingerprint density at radius 1 is 1.08 bits per heavy atom. The molecule has 0 saturated carbocycles. The van der Waals surface area contributed by atoms with E-state index in [9.17, 15) is 0 Å². The third-order valence-corrected chi connectivity index (χ3v) is 1.85. The predicted octanol–water partition coefficient (Wildman–Crippen LogP) is -6.89. The molecule has 0 amide bonds. The van der Waals surface area contributed by atoms with Crippen LogP contribution in [0, 0.1) is 11.8 Å². The van der Waals surface area contributed by atoms with E-state index in [1.807, 2.05) is 0 Å². The summed E-state index contributed by atoms with van der Waals surface area (Å²) in [4.78, 5) is 0. The molecule has 0 radical (unpaired) electrons. The molecule has 0 nitrogen and oxygen atoms in total. The molecule has 0 fully saturated rings. The van der Waals surface area contributed by atoms with E-state index in [4.69, 9.17) is 0 Å². The summed E-state index contributed by atoms with van der Waals surface area (Å²) in [6.45, 7) is 0. The van der Waals surface area contributed by atoms with Crippen molar-refractivity contribution in [2.24, 2.45) is 5.92 Å². The first-order valence-electron chi connectivity index (χ1n) is 3.16. The van der Waals surface area contributed by atoms with E-state index in [0.29, 0.717) is 0 Å². The van der Waals surface area contributed by atoms with E-state index in [2.05, 4.69) is 24.3 Å². The first-order chi connectivity index (χ1) is 3.95.